The number of halogens is 1. The standard InChI is InChI=1S/C29H35ClN8O4/c1-3-4-9-25-32-27(30)24(17-42-29(41)23(37(2)18-31)14-15-26(39)40)38(25)16-19-10-12-20(13-11-19)21-7-5-6-8-22(21)28-33-35-36-34-28/h5-8,10-13,23H,3-4,9,14-18,31H2,1-2H3,(H,39,40)(H,33,34,35,36)/t23-/m1/s1. The molecule has 2 heterocycles. The van der Waals surface area contributed by atoms with Crippen molar-refractivity contribution in [3.05, 3.63) is 70.8 Å². The highest BCUT2D eigenvalue weighted by molar-refractivity contribution is 6.30. The largest absolute Gasteiger partial charge is 0.481 e. The summed E-state index contributed by atoms with van der Waals surface area (Å²) in [5.41, 5.74) is 10.2. The van der Waals surface area contributed by atoms with Gasteiger partial charge in [-0.2, -0.15) is 5.21 Å². The molecule has 0 unspecified atom stereocenters. The quantitative estimate of drug-likeness (QED) is 0.136. The van der Waals surface area contributed by atoms with Gasteiger partial charge in [-0.1, -0.05) is 73.5 Å². The van der Waals surface area contributed by atoms with Crippen LogP contribution < -0.4 is 5.73 Å². The van der Waals surface area contributed by atoms with Gasteiger partial charge >= 0.3 is 11.9 Å². The minimum Gasteiger partial charge on any atom is -0.481 e. The molecule has 0 aliphatic rings. The van der Waals surface area contributed by atoms with Crippen LogP contribution >= 0.6 is 11.6 Å². The van der Waals surface area contributed by atoms with Crippen molar-refractivity contribution < 1.29 is 19.4 Å². The maximum Gasteiger partial charge on any atom is 0.323 e. The van der Waals surface area contributed by atoms with Crippen molar-refractivity contribution >= 4 is 23.5 Å². The van der Waals surface area contributed by atoms with E-state index in [0.29, 0.717) is 18.1 Å². The molecule has 0 aliphatic heterocycles. The van der Waals surface area contributed by atoms with Crippen LogP contribution in [0.25, 0.3) is 22.5 Å². The summed E-state index contributed by atoms with van der Waals surface area (Å²) in [7, 11) is 1.65. The minimum atomic E-state index is -0.996. The molecule has 0 saturated heterocycles. The van der Waals surface area contributed by atoms with Crippen molar-refractivity contribution in [2.75, 3.05) is 13.7 Å². The van der Waals surface area contributed by atoms with E-state index in [1.54, 1.807) is 11.9 Å². The van der Waals surface area contributed by atoms with E-state index in [0.717, 1.165) is 47.3 Å². The van der Waals surface area contributed by atoms with Gasteiger partial charge in [0.15, 0.2) is 5.15 Å². The molecule has 12 nitrogen and oxygen atoms in total. The number of nitrogens with two attached hydrogens (primary N) is 1. The Kier molecular flexibility index (Phi) is 10.8. The number of aromatic amines is 1. The van der Waals surface area contributed by atoms with Crippen LogP contribution in [0.15, 0.2) is 48.5 Å². The van der Waals surface area contributed by atoms with Crippen LogP contribution in [0.2, 0.25) is 5.15 Å². The van der Waals surface area contributed by atoms with E-state index in [-0.39, 0.29) is 31.3 Å². The van der Waals surface area contributed by atoms with E-state index in [1.807, 2.05) is 53.1 Å². The second kappa shape index (κ2) is 14.7. The maximum absolute atomic E-state index is 13.0. The topological polar surface area (TPSA) is 165 Å². The third-order valence-corrected chi connectivity index (χ3v) is 7.35. The summed E-state index contributed by atoms with van der Waals surface area (Å²) in [5.74, 6) is -0.233. The van der Waals surface area contributed by atoms with Gasteiger partial charge in [0.2, 0.25) is 5.82 Å². The fraction of sp³-hybridized carbons (Fsp3) is 0.379. The number of aliphatic carboxylic acids is 1. The number of carbonyl (C=O) groups excluding carboxylic acids is 1. The van der Waals surface area contributed by atoms with Gasteiger partial charge in [0.1, 0.15) is 18.5 Å². The van der Waals surface area contributed by atoms with E-state index < -0.39 is 18.0 Å². The summed E-state index contributed by atoms with van der Waals surface area (Å²) in [6.07, 6.45) is 2.53. The average Bonchev–Trinajstić information content (AvgIpc) is 3.63. The number of H-pyrrole nitrogens is 1. The second-order valence-corrected chi connectivity index (χ2v) is 10.3. The number of aryl methyl sites for hydroxylation is 1. The molecule has 222 valence electrons. The number of carbonyl (C=O) groups is 2. The SMILES string of the molecule is CCCCc1nc(Cl)c(COC(=O)[C@@H](CCC(=O)O)N(C)CN)n1Cc1ccc(-c2ccccc2-c2nn[nH]n2)cc1. The van der Waals surface area contributed by atoms with Crippen LogP contribution in [-0.2, 0) is 33.9 Å². The van der Waals surface area contributed by atoms with Gasteiger partial charge in [0.05, 0.1) is 5.69 Å². The fourth-order valence-electron chi connectivity index (χ4n) is 4.67. The zero-order valence-electron chi connectivity index (χ0n) is 23.7. The number of esters is 1. The van der Waals surface area contributed by atoms with Crippen molar-refractivity contribution in [3.63, 3.8) is 0 Å². The van der Waals surface area contributed by atoms with Crippen molar-refractivity contribution in [2.45, 2.75) is 58.2 Å². The van der Waals surface area contributed by atoms with Crippen LogP contribution in [0, 0.1) is 0 Å². The second-order valence-electron chi connectivity index (χ2n) is 9.93. The molecule has 13 heteroatoms. The van der Waals surface area contributed by atoms with Gasteiger partial charge in [0, 0.05) is 31.6 Å². The van der Waals surface area contributed by atoms with Crippen LogP contribution in [0.4, 0.5) is 0 Å². The van der Waals surface area contributed by atoms with E-state index in [9.17, 15) is 9.59 Å². The van der Waals surface area contributed by atoms with Crippen molar-refractivity contribution in [1.29, 1.82) is 0 Å². The summed E-state index contributed by atoms with van der Waals surface area (Å²) in [4.78, 5) is 30.2. The van der Waals surface area contributed by atoms with Gasteiger partial charge in [0.25, 0.3) is 0 Å². The Morgan fingerprint density at radius 1 is 1.17 bits per heavy atom. The Morgan fingerprint density at radius 2 is 1.90 bits per heavy atom. The Hall–Kier alpha value is -4.13. The molecular weight excluding hydrogens is 560 g/mol. The number of hydrogen-bond acceptors (Lipinski definition) is 9. The number of ether oxygens (including phenoxy) is 1. The number of imidazole rings is 1. The van der Waals surface area contributed by atoms with Crippen molar-refractivity contribution in [3.8, 4) is 22.5 Å². The van der Waals surface area contributed by atoms with Crippen LogP contribution in [-0.4, -0.2) is 71.9 Å². The zero-order valence-corrected chi connectivity index (χ0v) is 24.4. The molecule has 4 aromatic rings. The lowest BCUT2D eigenvalue weighted by Crippen LogP contribution is -2.43. The first-order chi connectivity index (χ1) is 20.3. The molecule has 2 aromatic carbocycles. The molecule has 42 heavy (non-hydrogen) atoms. The smallest absolute Gasteiger partial charge is 0.323 e. The monoisotopic (exact) mass is 594 g/mol. The average molecular weight is 595 g/mol. The Bertz CT molecular complexity index is 1470. The first kappa shape index (κ1) is 30.8. The van der Waals surface area contributed by atoms with E-state index in [4.69, 9.17) is 27.2 Å². The molecule has 0 spiro atoms. The van der Waals surface area contributed by atoms with Crippen molar-refractivity contribution in [1.82, 2.24) is 35.1 Å². The molecular formula is C29H35ClN8O4. The van der Waals surface area contributed by atoms with Gasteiger partial charge < -0.3 is 20.1 Å². The molecule has 0 bridgehead atoms. The number of carboxylic acids is 1. The van der Waals surface area contributed by atoms with E-state index >= 15 is 0 Å². The highest BCUT2D eigenvalue weighted by Crippen LogP contribution is 2.30. The Balaban J connectivity index is 1.56. The van der Waals surface area contributed by atoms with Crippen molar-refractivity contribution in [2.24, 2.45) is 5.73 Å². The van der Waals surface area contributed by atoms with E-state index in [2.05, 4.69) is 32.5 Å². The predicted octanol–water partition coefficient (Wildman–Crippen LogP) is 3.90. The number of likely N-dealkylation sites (N-methyl/N-ethyl adjacent to an activating group) is 1. The summed E-state index contributed by atoms with van der Waals surface area (Å²) in [5, 5.41) is 23.8. The van der Waals surface area contributed by atoms with Gasteiger partial charge in [-0.25, -0.2) is 4.98 Å². The lowest BCUT2D eigenvalue weighted by atomic mass is 9.98. The summed E-state index contributed by atoms with van der Waals surface area (Å²) < 4.78 is 7.65. The third-order valence-electron chi connectivity index (χ3n) is 7.05. The van der Waals surface area contributed by atoms with Gasteiger partial charge in [-0.05, 0) is 41.8 Å². The first-order valence-electron chi connectivity index (χ1n) is 13.8. The highest BCUT2D eigenvalue weighted by atomic mass is 35.5. The number of tetrazole rings is 1. The normalized spacial score (nSPS) is 12.0. The molecule has 2 aromatic heterocycles. The number of aromatic nitrogens is 6. The molecule has 0 saturated carbocycles. The number of nitrogens with one attached hydrogen (secondary N) is 1. The summed E-state index contributed by atoms with van der Waals surface area (Å²) >= 11 is 6.57. The fourth-order valence-corrected chi connectivity index (χ4v) is 4.93. The third kappa shape index (κ3) is 7.58. The van der Waals surface area contributed by atoms with Crippen LogP contribution in [0.3, 0.4) is 0 Å². The van der Waals surface area contributed by atoms with Gasteiger partial charge in [-0.3, -0.25) is 14.5 Å². The van der Waals surface area contributed by atoms with Crippen LogP contribution in [0.5, 0.6) is 0 Å². The molecule has 0 aliphatic carbocycles. The number of unbranched alkanes of at least 4 members (excludes halogenated alkanes) is 1. The summed E-state index contributed by atoms with van der Waals surface area (Å²) in [6, 6.07) is 15.2. The molecule has 0 radical (unpaired) electrons. The number of carboxylic acid groups (broad SMARTS) is 1. The summed E-state index contributed by atoms with van der Waals surface area (Å²) in [6.45, 7) is 2.56. The number of benzene rings is 2. The van der Waals surface area contributed by atoms with Crippen LogP contribution in [0.1, 0.15) is 49.7 Å². The highest BCUT2D eigenvalue weighted by Gasteiger charge is 2.26. The Morgan fingerprint density at radius 3 is 2.55 bits per heavy atom. The maximum atomic E-state index is 13.0. The minimum absolute atomic E-state index is 0.0782. The molecule has 4 N–H and O–H groups in total. The molecule has 0 amide bonds. The molecule has 0 fully saturated rings. The first-order valence-corrected chi connectivity index (χ1v) is 14.1. The Labute approximate surface area is 248 Å². The number of rotatable bonds is 15. The number of hydrogen-bond donors (Lipinski definition) is 3. The molecule has 1 atom stereocenters. The lowest BCUT2D eigenvalue weighted by molar-refractivity contribution is -0.151. The number of nitrogens with zero attached hydrogens (tertiary/aromatic N) is 6. The lowest BCUT2D eigenvalue weighted by Gasteiger charge is -2.24. The van der Waals surface area contributed by atoms with E-state index in [1.165, 1.54) is 0 Å². The zero-order chi connectivity index (χ0) is 30.1. The molecule has 4 rings (SSSR count). The predicted molar refractivity (Wildman–Crippen MR) is 157 cm³/mol. The van der Waals surface area contributed by atoms with Gasteiger partial charge in [-0.15, -0.1) is 10.2 Å².